The van der Waals surface area contributed by atoms with E-state index in [1.165, 1.54) is 10.8 Å². The number of anilines is 1. The summed E-state index contributed by atoms with van der Waals surface area (Å²) in [6, 6.07) is 10.3. The van der Waals surface area contributed by atoms with Crippen molar-refractivity contribution in [3.8, 4) is 0 Å². The van der Waals surface area contributed by atoms with Gasteiger partial charge in [0.1, 0.15) is 12.1 Å². The fourth-order valence-electron chi connectivity index (χ4n) is 3.15. The molecule has 9 heteroatoms. The molecule has 6 nitrogen and oxygen atoms in total. The second kappa shape index (κ2) is 6.24. The van der Waals surface area contributed by atoms with Crippen LogP contribution in [0.3, 0.4) is 0 Å². The first-order valence-electron chi connectivity index (χ1n) is 8.14. The van der Waals surface area contributed by atoms with Gasteiger partial charge in [-0.05, 0) is 12.5 Å². The Labute approximate surface area is 147 Å². The van der Waals surface area contributed by atoms with E-state index in [1.807, 2.05) is 42.2 Å². The normalized spacial score (nSPS) is 21.3. The molecule has 136 valence electrons. The van der Waals surface area contributed by atoms with E-state index in [9.17, 15) is 13.2 Å². The van der Waals surface area contributed by atoms with Gasteiger partial charge in [-0.1, -0.05) is 30.3 Å². The number of alkyl halides is 3. The highest BCUT2D eigenvalue weighted by Crippen LogP contribution is 2.35. The summed E-state index contributed by atoms with van der Waals surface area (Å²) in [5.74, 6) is 0.213. The summed E-state index contributed by atoms with van der Waals surface area (Å²) in [5, 5.41) is 4.06. The third-order valence-corrected chi connectivity index (χ3v) is 4.37. The fourth-order valence-corrected chi connectivity index (χ4v) is 3.15. The van der Waals surface area contributed by atoms with Crippen LogP contribution in [0.25, 0.3) is 5.78 Å². The summed E-state index contributed by atoms with van der Waals surface area (Å²) >= 11 is 0. The fraction of sp³-hybridized carbons (Fsp3) is 0.353. The van der Waals surface area contributed by atoms with Crippen molar-refractivity contribution < 1.29 is 17.9 Å². The molecule has 26 heavy (non-hydrogen) atoms. The zero-order chi connectivity index (χ0) is 18.3. The standard InChI is InChI=1S/C17H16F3N5O/c1-11-8-24(13(9-26-11)12-5-3-2-4-6-12)15-7-14(17(18,19)20)23-16-21-10-22-25(15)16/h2-7,10-11,13H,8-9H2,1H3. The number of morpholine rings is 1. The number of hydrogen-bond donors (Lipinski definition) is 0. The number of hydrogen-bond acceptors (Lipinski definition) is 5. The Kier molecular flexibility index (Phi) is 4.03. The largest absolute Gasteiger partial charge is 0.433 e. The SMILES string of the molecule is CC1CN(c2cc(C(F)(F)F)nc3ncnn23)C(c2ccccc2)CO1. The van der Waals surface area contributed by atoms with Crippen molar-refractivity contribution in [1.82, 2.24) is 19.6 Å². The Balaban J connectivity index is 1.86. The Morgan fingerprint density at radius 2 is 1.96 bits per heavy atom. The molecular formula is C17H16F3N5O. The van der Waals surface area contributed by atoms with Crippen molar-refractivity contribution >= 4 is 11.6 Å². The summed E-state index contributed by atoms with van der Waals surface area (Å²) in [5.41, 5.74) is -0.0306. The van der Waals surface area contributed by atoms with Crippen LogP contribution >= 0.6 is 0 Å². The molecule has 1 fully saturated rings. The van der Waals surface area contributed by atoms with Gasteiger partial charge in [0.25, 0.3) is 5.78 Å². The molecule has 2 aromatic heterocycles. The third kappa shape index (κ3) is 2.98. The third-order valence-electron chi connectivity index (χ3n) is 4.37. The Hall–Kier alpha value is -2.68. The molecule has 1 aliphatic heterocycles. The van der Waals surface area contributed by atoms with Gasteiger partial charge in [0, 0.05) is 12.6 Å². The number of halogens is 3. The van der Waals surface area contributed by atoms with Gasteiger partial charge in [-0.15, -0.1) is 0 Å². The highest BCUT2D eigenvalue weighted by molar-refractivity contribution is 5.50. The number of nitrogens with zero attached hydrogens (tertiary/aromatic N) is 5. The van der Waals surface area contributed by atoms with E-state index >= 15 is 0 Å². The molecule has 3 aromatic rings. The van der Waals surface area contributed by atoms with E-state index in [0.29, 0.717) is 19.0 Å². The molecule has 0 N–H and O–H groups in total. The molecule has 0 aliphatic carbocycles. The molecule has 0 amide bonds. The lowest BCUT2D eigenvalue weighted by Crippen LogP contribution is -2.44. The smallest absolute Gasteiger partial charge is 0.374 e. The summed E-state index contributed by atoms with van der Waals surface area (Å²) in [7, 11) is 0. The lowest BCUT2D eigenvalue weighted by molar-refractivity contribution is -0.141. The van der Waals surface area contributed by atoms with Crippen molar-refractivity contribution in [2.75, 3.05) is 18.1 Å². The highest BCUT2D eigenvalue weighted by Gasteiger charge is 2.36. The number of rotatable bonds is 2. The lowest BCUT2D eigenvalue weighted by Gasteiger charge is -2.40. The lowest BCUT2D eigenvalue weighted by atomic mass is 10.0. The molecular weight excluding hydrogens is 347 g/mol. The van der Waals surface area contributed by atoms with Gasteiger partial charge in [-0.2, -0.15) is 27.8 Å². The first kappa shape index (κ1) is 16.8. The van der Waals surface area contributed by atoms with Gasteiger partial charge in [-0.25, -0.2) is 4.98 Å². The maximum atomic E-state index is 13.3. The second-order valence-electron chi connectivity index (χ2n) is 6.19. The summed E-state index contributed by atoms with van der Waals surface area (Å²) in [6.45, 7) is 2.68. The van der Waals surface area contributed by atoms with Crippen LogP contribution < -0.4 is 4.90 Å². The number of fused-ring (bicyclic) bond motifs is 1. The highest BCUT2D eigenvalue weighted by atomic mass is 19.4. The van der Waals surface area contributed by atoms with Crippen LogP contribution in [0.15, 0.2) is 42.7 Å². The summed E-state index contributed by atoms with van der Waals surface area (Å²) in [4.78, 5) is 9.31. The first-order chi connectivity index (χ1) is 12.4. The van der Waals surface area contributed by atoms with Crippen molar-refractivity contribution in [3.05, 3.63) is 54.0 Å². The molecule has 0 saturated carbocycles. The molecule has 1 aliphatic rings. The van der Waals surface area contributed by atoms with Crippen molar-refractivity contribution in [2.45, 2.75) is 25.2 Å². The number of ether oxygens (including phenoxy) is 1. The van der Waals surface area contributed by atoms with E-state index in [0.717, 1.165) is 11.6 Å². The second-order valence-corrected chi connectivity index (χ2v) is 6.19. The van der Waals surface area contributed by atoms with Crippen LogP contribution in [0.1, 0.15) is 24.2 Å². The predicted octanol–water partition coefficient (Wildman–Crippen LogP) is 3.11. The maximum absolute atomic E-state index is 13.3. The van der Waals surface area contributed by atoms with Gasteiger partial charge in [0.15, 0.2) is 5.69 Å². The monoisotopic (exact) mass is 363 g/mol. The average Bonchev–Trinajstić information content (AvgIpc) is 3.09. The van der Waals surface area contributed by atoms with Crippen LogP contribution in [-0.4, -0.2) is 38.8 Å². The summed E-state index contributed by atoms with van der Waals surface area (Å²) in [6.07, 6.45) is -3.49. The molecule has 1 aromatic carbocycles. The van der Waals surface area contributed by atoms with Crippen LogP contribution in [-0.2, 0) is 10.9 Å². The van der Waals surface area contributed by atoms with Crippen molar-refractivity contribution in [3.63, 3.8) is 0 Å². The molecule has 0 radical (unpaired) electrons. The van der Waals surface area contributed by atoms with Crippen LogP contribution in [0.5, 0.6) is 0 Å². The Bertz CT molecular complexity index is 912. The van der Waals surface area contributed by atoms with Crippen LogP contribution in [0.2, 0.25) is 0 Å². The van der Waals surface area contributed by atoms with Gasteiger partial charge in [0.2, 0.25) is 0 Å². The van der Waals surface area contributed by atoms with Gasteiger partial charge < -0.3 is 9.64 Å². The van der Waals surface area contributed by atoms with Gasteiger partial charge >= 0.3 is 6.18 Å². The Morgan fingerprint density at radius 1 is 1.19 bits per heavy atom. The van der Waals surface area contributed by atoms with E-state index in [4.69, 9.17) is 4.74 Å². The van der Waals surface area contributed by atoms with Gasteiger partial charge in [0.05, 0.1) is 18.8 Å². The van der Waals surface area contributed by atoms with E-state index < -0.39 is 11.9 Å². The van der Waals surface area contributed by atoms with Crippen LogP contribution in [0, 0.1) is 0 Å². The molecule has 0 spiro atoms. The molecule has 2 atom stereocenters. The van der Waals surface area contributed by atoms with E-state index in [1.54, 1.807) is 0 Å². The molecule has 3 heterocycles. The minimum atomic E-state index is -4.57. The molecule has 4 rings (SSSR count). The molecule has 0 bridgehead atoms. The maximum Gasteiger partial charge on any atom is 0.433 e. The molecule has 1 saturated heterocycles. The number of benzene rings is 1. The van der Waals surface area contributed by atoms with Gasteiger partial charge in [-0.3, -0.25) is 0 Å². The minimum absolute atomic E-state index is 0.0826. The van der Waals surface area contributed by atoms with E-state index in [2.05, 4.69) is 15.1 Å². The first-order valence-corrected chi connectivity index (χ1v) is 8.14. The van der Waals surface area contributed by atoms with E-state index in [-0.39, 0.29) is 17.9 Å². The molecule has 2 unspecified atom stereocenters. The van der Waals surface area contributed by atoms with Crippen molar-refractivity contribution in [2.24, 2.45) is 0 Å². The average molecular weight is 363 g/mol. The zero-order valence-electron chi connectivity index (χ0n) is 13.9. The van der Waals surface area contributed by atoms with Crippen LogP contribution in [0.4, 0.5) is 19.0 Å². The quantitative estimate of drug-likeness (QED) is 0.700. The zero-order valence-corrected chi connectivity index (χ0v) is 13.9. The number of aromatic nitrogens is 4. The summed E-state index contributed by atoms with van der Waals surface area (Å²) < 4.78 is 47.0. The minimum Gasteiger partial charge on any atom is -0.374 e. The topological polar surface area (TPSA) is 55.6 Å². The van der Waals surface area contributed by atoms with Crippen molar-refractivity contribution in [1.29, 1.82) is 0 Å². The predicted molar refractivity (Wildman–Crippen MR) is 87.7 cm³/mol. The Morgan fingerprint density at radius 3 is 2.69 bits per heavy atom.